The minimum atomic E-state index is -1.50. The molecule has 1 aliphatic heterocycles. The van der Waals surface area contributed by atoms with Crippen LogP contribution in [0.1, 0.15) is 27.2 Å². The molecule has 3 nitrogen and oxygen atoms in total. The molecule has 15 heavy (non-hydrogen) atoms. The fourth-order valence-electron chi connectivity index (χ4n) is 2.03. The van der Waals surface area contributed by atoms with Crippen LogP contribution in [0.2, 0.25) is 12.6 Å². The lowest BCUT2D eigenvalue weighted by Gasteiger charge is -2.32. The lowest BCUT2D eigenvalue weighted by molar-refractivity contribution is 0.135. The van der Waals surface area contributed by atoms with Crippen molar-refractivity contribution in [3.8, 4) is 0 Å². The van der Waals surface area contributed by atoms with Crippen LogP contribution in [0.5, 0.6) is 0 Å². The molecule has 1 rings (SSSR count). The van der Waals surface area contributed by atoms with Crippen molar-refractivity contribution < 1.29 is 8.85 Å². The van der Waals surface area contributed by atoms with Gasteiger partial charge in [-0.3, -0.25) is 0 Å². The van der Waals surface area contributed by atoms with Crippen LogP contribution in [0.4, 0.5) is 0 Å². The summed E-state index contributed by atoms with van der Waals surface area (Å²) in [4.78, 5) is 0. The van der Waals surface area contributed by atoms with Crippen LogP contribution in [0, 0.1) is 0 Å². The summed E-state index contributed by atoms with van der Waals surface area (Å²) in [7, 11) is -0.0460. The summed E-state index contributed by atoms with van der Waals surface area (Å²) in [5.74, 6) is 0. The quantitative estimate of drug-likeness (QED) is 0.698. The van der Waals surface area contributed by atoms with E-state index in [-0.39, 0.29) is 5.60 Å². The molecular weight excluding hydrogens is 222 g/mol. The molecule has 1 fully saturated rings. The molecule has 1 atom stereocenters. The van der Waals surface area contributed by atoms with Crippen molar-refractivity contribution in [2.75, 3.05) is 19.8 Å². The van der Waals surface area contributed by atoms with Gasteiger partial charge in [-0.1, -0.05) is 0 Å². The van der Waals surface area contributed by atoms with Gasteiger partial charge in [-0.15, -0.1) is 0 Å². The highest BCUT2D eigenvalue weighted by Crippen LogP contribution is 2.25. The molecule has 0 aromatic carbocycles. The van der Waals surface area contributed by atoms with E-state index in [1.807, 2.05) is 7.11 Å². The lowest BCUT2D eigenvalue weighted by Crippen LogP contribution is -2.50. The van der Waals surface area contributed by atoms with Gasteiger partial charge in [0.05, 0.1) is 0 Å². The van der Waals surface area contributed by atoms with Crippen molar-refractivity contribution in [3.05, 3.63) is 0 Å². The Morgan fingerprint density at radius 3 is 2.60 bits per heavy atom. The number of hydrogen-bond acceptors (Lipinski definition) is 3. The summed E-state index contributed by atoms with van der Waals surface area (Å²) in [6.07, 6.45) is 2.47. The van der Waals surface area contributed by atoms with E-state index >= 15 is 0 Å². The average Bonchev–Trinajstić information content (AvgIpc) is 2.47. The Kier molecular flexibility index (Phi) is 4.55. The summed E-state index contributed by atoms with van der Waals surface area (Å²) in [5.41, 5.74) is 0.0387. The molecule has 0 aromatic heterocycles. The first-order valence-electron chi connectivity index (χ1n) is 5.81. The van der Waals surface area contributed by atoms with Crippen LogP contribution < -0.4 is 0 Å². The average molecular weight is 247 g/mol. The third-order valence-electron chi connectivity index (χ3n) is 3.07. The molecule has 0 aromatic rings. The predicted molar refractivity (Wildman–Crippen MR) is 69.0 cm³/mol. The van der Waals surface area contributed by atoms with Gasteiger partial charge in [0, 0.05) is 18.9 Å². The number of rotatable bonds is 4. The highest BCUT2D eigenvalue weighted by Gasteiger charge is 2.40. The van der Waals surface area contributed by atoms with E-state index in [1.165, 1.54) is 19.0 Å². The molecule has 1 aliphatic rings. The Morgan fingerprint density at radius 1 is 1.40 bits per heavy atom. The van der Waals surface area contributed by atoms with Gasteiger partial charge in [-0.2, -0.15) is 0 Å². The fourth-order valence-corrected chi connectivity index (χ4v) is 7.57. The topological polar surface area (TPSA) is 21.7 Å². The maximum atomic E-state index is 5.89. The first kappa shape index (κ1) is 13.4. The Hall–Kier alpha value is 0.314. The summed E-state index contributed by atoms with van der Waals surface area (Å²) >= 11 is 0. The van der Waals surface area contributed by atoms with E-state index in [0.29, 0.717) is 0 Å². The summed E-state index contributed by atoms with van der Waals surface area (Å²) in [5, 5.41) is 0. The molecule has 1 unspecified atom stereocenters. The normalized spacial score (nSPS) is 29.4. The van der Waals surface area contributed by atoms with Crippen LogP contribution in [-0.4, -0.2) is 48.2 Å². The maximum absolute atomic E-state index is 5.89. The Labute approximate surface area is 97.3 Å². The second kappa shape index (κ2) is 5.10. The largest absolute Gasteiger partial charge is 0.418 e. The van der Waals surface area contributed by atoms with Crippen molar-refractivity contribution in [2.24, 2.45) is 0 Å². The van der Waals surface area contributed by atoms with Gasteiger partial charge in [-0.05, 0) is 46.3 Å². The minimum absolute atomic E-state index is 0.0387. The molecule has 0 bridgehead atoms. The first-order valence-corrected chi connectivity index (χ1v) is 9.95. The van der Waals surface area contributed by atoms with E-state index < -0.39 is 18.2 Å². The Morgan fingerprint density at radius 2 is 2.07 bits per heavy atom. The SMILES string of the molecule is CO[Si]1(C)CCCN1C[SiH2]OC(C)(C)C. The predicted octanol–water partition coefficient (Wildman–Crippen LogP) is 1.27. The van der Waals surface area contributed by atoms with Crippen molar-refractivity contribution in [1.29, 1.82) is 0 Å². The Bertz CT molecular complexity index is 208. The van der Waals surface area contributed by atoms with Crippen molar-refractivity contribution >= 4 is 18.2 Å². The van der Waals surface area contributed by atoms with Crippen LogP contribution >= 0.6 is 0 Å². The second-order valence-electron chi connectivity index (χ2n) is 5.43. The molecule has 0 amide bonds. The van der Waals surface area contributed by atoms with Gasteiger partial charge >= 0.3 is 0 Å². The van der Waals surface area contributed by atoms with Gasteiger partial charge < -0.3 is 13.4 Å². The fraction of sp³-hybridized carbons (Fsp3) is 1.00. The number of nitrogens with zero attached hydrogens (tertiary/aromatic N) is 1. The zero-order chi connectivity index (χ0) is 11.5. The molecule has 0 radical (unpaired) electrons. The van der Waals surface area contributed by atoms with Crippen molar-refractivity contribution in [2.45, 2.75) is 45.4 Å². The Balaban J connectivity index is 2.32. The highest BCUT2D eigenvalue weighted by atomic mass is 28.4. The molecule has 1 heterocycles. The molecule has 0 aliphatic carbocycles. The van der Waals surface area contributed by atoms with Crippen molar-refractivity contribution in [3.63, 3.8) is 0 Å². The van der Waals surface area contributed by atoms with Gasteiger partial charge in [0.1, 0.15) is 0 Å². The zero-order valence-electron chi connectivity index (χ0n) is 10.8. The van der Waals surface area contributed by atoms with Crippen LogP contribution in [-0.2, 0) is 8.85 Å². The van der Waals surface area contributed by atoms with E-state index in [0.717, 1.165) is 6.17 Å². The first-order chi connectivity index (χ1) is 6.87. The summed E-state index contributed by atoms with van der Waals surface area (Å²) in [6, 6.07) is 1.29. The summed E-state index contributed by atoms with van der Waals surface area (Å²) in [6.45, 7) is 9.95. The van der Waals surface area contributed by atoms with Gasteiger partial charge in [-0.25, -0.2) is 0 Å². The number of hydrogen-bond donors (Lipinski definition) is 0. The van der Waals surface area contributed by atoms with E-state index in [1.54, 1.807) is 0 Å². The summed E-state index contributed by atoms with van der Waals surface area (Å²) < 4.78 is 14.2. The maximum Gasteiger partial charge on any atom is 0.267 e. The van der Waals surface area contributed by atoms with Gasteiger partial charge in [0.15, 0.2) is 9.76 Å². The van der Waals surface area contributed by atoms with Crippen LogP contribution in [0.3, 0.4) is 0 Å². The zero-order valence-corrected chi connectivity index (χ0v) is 13.2. The highest BCUT2D eigenvalue weighted by molar-refractivity contribution is 6.70. The van der Waals surface area contributed by atoms with Crippen LogP contribution in [0.15, 0.2) is 0 Å². The standard InChI is InChI=1S/C10H25NO2Si2/c1-10(2,3)13-14-9-11-7-6-8-15(11,5)12-4/h6-9,14H2,1-5H3. The van der Waals surface area contributed by atoms with Gasteiger partial charge in [0.25, 0.3) is 8.48 Å². The van der Waals surface area contributed by atoms with Crippen LogP contribution in [0.25, 0.3) is 0 Å². The van der Waals surface area contributed by atoms with E-state index in [2.05, 4.69) is 31.9 Å². The molecular formula is C10H25NO2Si2. The third-order valence-corrected chi connectivity index (χ3v) is 9.26. The molecule has 5 heteroatoms. The molecule has 0 spiro atoms. The van der Waals surface area contributed by atoms with E-state index in [9.17, 15) is 0 Å². The smallest absolute Gasteiger partial charge is 0.267 e. The molecule has 0 N–H and O–H groups in total. The molecule has 1 saturated heterocycles. The lowest BCUT2D eigenvalue weighted by atomic mass is 10.2. The van der Waals surface area contributed by atoms with E-state index in [4.69, 9.17) is 8.85 Å². The van der Waals surface area contributed by atoms with Crippen molar-refractivity contribution in [1.82, 2.24) is 4.57 Å². The molecule has 90 valence electrons. The second-order valence-corrected chi connectivity index (χ2v) is 10.5. The third kappa shape index (κ3) is 3.99. The minimum Gasteiger partial charge on any atom is -0.418 e. The van der Waals surface area contributed by atoms with Gasteiger partial charge in [0.2, 0.25) is 0 Å². The molecule has 0 saturated carbocycles. The monoisotopic (exact) mass is 247 g/mol.